The molecule has 0 saturated carbocycles. The number of halogens is 1. The fourth-order valence-corrected chi connectivity index (χ4v) is 4.93. The molecule has 1 nitrogen and oxygen atoms in total. The summed E-state index contributed by atoms with van der Waals surface area (Å²) in [5.41, 5.74) is 3.64. The molecule has 0 spiro atoms. The monoisotopic (exact) mass is 400 g/mol. The van der Waals surface area contributed by atoms with Crippen LogP contribution in [0.1, 0.15) is 62.6 Å². The normalized spacial score (nSPS) is 13.3. The summed E-state index contributed by atoms with van der Waals surface area (Å²) in [6.45, 7) is 6.47. The van der Waals surface area contributed by atoms with Gasteiger partial charge >= 0.3 is 0 Å². The Morgan fingerprint density at radius 1 is 1.04 bits per heavy atom. The van der Waals surface area contributed by atoms with E-state index in [0.717, 1.165) is 37.0 Å². The molecule has 2 aromatic rings. The van der Waals surface area contributed by atoms with E-state index in [1.54, 1.807) is 0 Å². The second kappa shape index (κ2) is 12.1. The molecule has 0 aromatic heterocycles. The molecule has 0 aliphatic carbocycles. The molecule has 28 heavy (non-hydrogen) atoms. The van der Waals surface area contributed by atoms with E-state index in [-0.39, 0.29) is 11.7 Å². The van der Waals surface area contributed by atoms with E-state index >= 15 is 0 Å². The zero-order valence-electron chi connectivity index (χ0n) is 17.4. The van der Waals surface area contributed by atoms with Gasteiger partial charge in [0.1, 0.15) is 12.1 Å². The van der Waals surface area contributed by atoms with Crippen LogP contribution in [0.3, 0.4) is 0 Å². The van der Waals surface area contributed by atoms with E-state index in [0.29, 0.717) is 5.92 Å². The third kappa shape index (κ3) is 7.09. The number of benzene rings is 2. The zero-order chi connectivity index (χ0) is 20.4. The van der Waals surface area contributed by atoms with Crippen LogP contribution in [0.2, 0.25) is 0 Å². The second-order valence-corrected chi connectivity index (χ2v) is 8.78. The first kappa shape index (κ1) is 22.7. The van der Waals surface area contributed by atoms with E-state index < -0.39 is 0 Å². The molecule has 0 bridgehead atoms. The molecule has 0 heterocycles. The minimum Gasteiger partial charge on any atom is -0.303 e. The Balaban J connectivity index is 2.14. The molecule has 0 aliphatic rings. The van der Waals surface area contributed by atoms with Crippen LogP contribution in [-0.2, 0) is 11.2 Å². The smallest absolute Gasteiger partial charge is 0.123 e. The van der Waals surface area contributed by atoms with Gasteiger partial charge in [0, 0.05) is 16.6 Å². The molecule has 2 rings (SSSR count). The van der Waals surface area contributed by atoms with Crippen LogP contribution in [0.15, 0.2) is 47.4 Å². The van der Waals surface area contributed by atoms with Crippen molar-refractivity contribution in [2.45, 2.75) is 64.2 Å². The first-order valence-electron chi connectivity index (χ1n) is 10.5. The lowest BCUT2D eigenvalue weighted by atomic mass is 9.87. The summed E-state index contributed by atoms with van der Waals surface area (Å²) >= 11 is 1.87. The van der Waals surface area contributed by atoms with Gasteiger partial charge in [-0.25, -0.2) is 4.39 Å². The van der Waals surface area contributed by atoms with Crippen LogP contribution in [-0.4, -0.2) is 12.0 Å². The van der Waals surface area contributed by atoms with Gasteiger partial charge in [-0.1, -0.05) is 62.9 Å². The molecule has 3 heteroatoms. The number of carbonyl (C=O) groups excluding carboxylic acids is 1. The van der Waals surface area contributed by atoms with Gasteiger partial charge in [0.05, 0.1) is 0 Å². The summed E-state index contributed by atoms with van der Waals surface area (Å²) in [6.07, 6.45) is 7.47. The number of thioether (sulfide) groups is 1. The van der Waals surface area contributed by atoms with Crippen LogP contribution in [0.25, 0.3) is 0 Å². The summed E-state index contributed by atoms with van der Waals surface area (Å²) in [6, 6.07) is 13.4. The molecule has 0 saturated heterocycles. The topological polar surface area (TPSA) is 17.1 Å². The van der Waals surface area contributed by atoms with Crippen LogP contribution in [0, 0.1) is 24.6 Å². The molecule has 152 valence electrons. The number of unbranched alkanes of at least 4 members (excludes halogenated alkanes) is 1. The van der Waals surface area contributed by atoms with Crippen molar-refractivity contribution in [2.75, 3.05) is 5.75 Å². The maximum Gasteiger partial charge on any atom is 0.123 e. The first-order valence-corrected chi connectivity index (χ1v) is 11.5. The fourth-order valence-electron chi connectivity index (χ4n) is 3.64. The van der Waals surface area contributed by atoms with Crippen molar-refractivity contribution in [3.05, 3.63) is 65.0 Å². The zero-order valence-corrected chi connectivity index (χ0v) is 18.2. The Hall–Kier alpha value is -1.61. The summed E-state index contributed by atoms with van der Waals surface area (Å²) in [4.78, 5) is 12.9. The predicted molar refractivity (Wildman–Crippen MR) is 119 cm³/mol. The summed E-state index contributed by atoms with van der Waals surface area (Å²) in [5, 5.41) is 0. The van der Waals surface area contributed by atoms with Gasteiger partial charge in [-0.2, -0.15) is 0 Å². The lowest BCUT2D eigenvalue weighted by Crippen LogP contribution is -2.19. The number of aryl methyl sites for hydroxylation is 1. The fraction of sp³-hybridized carbons (Fsp3) is 0.480. The highest BCUT2D eigenvalue weighted by Crippen LogP contribution is 2.32. The lowest BCUT2D eigenvalue weighted by Gasteiger charge is -2.23. The molecule has 2 unspecified atom stereocenters. The molecular weight excluding hydrogens is 367 g/mol. The highest BCUT2D eigenvalue weighted by Gasteiger charge is 2.20. The third-order valence-corrected chi connectivity index (χ3v) is 6.61. The molecule has 0 N–H and O–H groups in total. The Labute approximate surface area is 174 Å². The van der Waals surface area contributed by atoms with Crippen molar-refractivity contribution >= 4 is 18.0 Å². The average Bonchev–Trinajstić information content (AvgIpc) is 2.69. The van der Waals surface area contributed by atoms with E-state index in [9.17, 15) is 9.18 Å². The standard InChI is InChI=1S/C25H33FOS/c1-4-6-8-22(21(17-27)7-5-2)18-28-25-14-9-19(3)15-23(25)16-20-10-12-24(26)13-11-20/h9-15,17,21-22H,4-8,16,18H2,1-3H3. The molecule has 0 fully saturated rings. The number of hydrogen-bond donors (Lipinski definition) is 0. The highest BCUT2D eigenvalue weighted by molar-refractivity contribution is 7.99. The third-order valence-electron chi connectivity index (χ3n) is 5.31. The summed E-state index contributed by atoms with van der Waals surface area (Å²) < 4.78 is 13.2. The maximum atomic E-state index is 13.2. The minimum atomic E-state index is -0.197. The Morgan fingerprint density at radius 3 is 2.43 bits per heavy atom. The number of aldehydes is 1. The van der Waals surface area contributed by atoms with Crippen molar-refractivity contribution in [1.82, 2.24) is 0 Å². The lowest BCUT2D eigenvalue weighted by molar-refractivity contribution is -0.112. The maximum absolute atomic E-state index is 13.2. The molecule has 2 aromatic carbocycles. The van der Waals surface area contributed by atoms with E-state index in [1.165, 1.54) is 47.3 Å². The highest BCUT2D eigenvalue weighted by atomic mass is 32.2. The van der Waals surface area contributed by atoms with Gasteiger partial charge in [0.25, 0.3) is 0 Å². The largest absolute Gasteiger partial charge is 0.303 e. The number of hydrogen-bond acceptors (Lipinski definition) is 2. The first-order chi connectivity index (χ1) is 13.6. The number of rotatable bonds is 12. The predicted octanol–water partition coefficient (Wildman–Crippen LogP) is 7.24. The van der Waals surface area contributed by atoms with Crippen LogP contribution < -0.4 is 0 Å². The van der Waals surface area contributed by atoms with Crippen molar-refractivity contribution in [2.24, 2.45) is 11.8 Å². The molecular formula is C25H33FOS. The van der Waals surface area contributed by atoms with Gasteiger partial charge in [0.15, 0.2) is 0 Å². The molecule has 2 atom stereocenters. The Bertz CT molecular complexity index is 726. The summed E-state index contributed by atoms with van der Waals surface area (Å²) in [5.74, 6) is 1.37. The van der Waals surface area contributed by atoms with Crippen molar-refractivity contribution in [3.63, 3.8) is 0 Å². The van der Waals surface area contributed by atoms with Crippen LogP contribution in [0.4, 0.5) is 4.39 Å². The van der Waals surface area contributed by atoms with Crippen molar-refractivity contribution < 1.29 is 9.18 Å². The Morgan fingerprint density at radius 2 is 1.79 bits per heavy atom. The van der Waals surface area contributed by atoms with Gasteiger partial charge in [0.2, 0.25) is 0 Å². The van der Waals surface area contributed by atoms with Gasteiger partial charge < -0.3 is 4.79 Å². The number of carbonyl (C=O) groups is 1. The van der Waals surface area contributed by atoms with E-state index in [4.69, 9.17) is 0 Å². The Kier molecular flexibility index (Phi) is 9.77. The SMILES string of the molecule is CCCCC(CSc1ccc(C)cc1Cc1ccc(F)cc1)C(C=O)CCC. The van der Waals surface area contributed by atoms with Gasteiger partial charge in [-0.15, -0.1) is 11.8 Å². The van der Waals surface area contributed by atoms with Crippen molar-refractivity contribution in [3.8, 4) is 0 Å². The molecule has 0 radical (unpaired) electrons. The van der Waals surface area contributed by atoms with Gasteiger partial charge in [-0.3, -0.25) is 0 Å². The molecule has 0 aliphatic heterocycles. The van der Waals surface area contributed by atoms with Crippen LogP contribution in [0.5, 0.6) is 0 Å². The van der Waals surface area contributed by atoms with E-state index in [1.807, 2.05) is 23.9 Å². The second-order valence-electron chi connectivity index (χ2n) is 7.72. The van der Waals surface area contributed by atoms with Crippen molar-refractivity contribution in [1.29, 1.82) is 0 Å². The van der Waals surface area contributed by atoms with E-state index in [2.05, 4.69) is 39.0 Å². The minimum absolute atomic E-state index is 0.162. The average molecular weight is 401 g/mol. The quantitative estimate of drug-likeness (QED) is 0.276. The van der Waals surface area contributed by atoms with Crippen LogP contribution >= 0.6 is 11.8 Å². The molecule has 0 amide bonds. The summed E-state index contributed by atoms with van der Waals surface area (Å²) in [7, 11) is 0. The van der Waals surface area contributed by atoms with Gasteiger partial charge in [-0.05, 0) is 61.4 Å².